The number of hydrogen-bond acceptors (Lipinski definition) is 3. The zero-order valence-electron chi connectivity index (χ0n) is 8.82. The van der Waals surface area contributed by atoms with Gasteiger partial charge >= 0.3 is 5.97 Å². The van der Waals surface area contributed by atoms with E-state index < -0.39 is 5.97 Å². The van der Waals surface area contributed by atoms with Crippen LogP contribution in [0.2, 0.25) is 0 Å². The van der Waals surface area contributed by atoms with Crippen molar-refractivity contribution in [3.05, 3.63) is 0 Å². The van der Waals surface area contributed by atoms with Gasteiger partial charge in [0, 0.05) is 22.5 Å². The van der Waals surface area contributed by atoms with Gasteiger partial charge in [0.05, 0.1) is 6.42 Å². The van der Waals surface area contributed by atoms with E-state index in [-0.39, 0.29) is 17.9 Å². The van der Waals surface area contributed by atoms with Gasteiger partial charge in [0.1, 0.15) is 0 Å². The summed E-state index contributed by atoms with van der Waals surface area (Å²) in [6.45, 7) is 4.18. The van der Waals surface area contributed by atoms with E-state index in [1.54, 1.807) is 0 Å². The Morgan fingerprint density at radius 3 is 2.79 bits per heavy atom. The van der Waals surface area contributed by atoms with Crippen LogP contribution in [-0.2, 0) is 4.79 Å². The first-order valence-corrected chi connectivity index (χ1v) is 6.14. The lowest BCUT2D eigenvalue weighted by molar-refractivity contribution is -0.139. The van der Waals surface area contributed by atoms with E-state index in [9.17, 15) is 4.79 Å². The van der Waals surface area contributed by atoms with Crippen LogP contribution in [0.1, 0.15) is 33.1 Å². The van der Waals surface area contributed by atoms with Crippen molar-refractivity contribution in [2.45, 2.75) is 44.4 Å². The third kappa shape index (κ3) is 2.42. The molecule has 0 aromatic heterocycles. The third-order valence-corrected chi connectivity index (χ3v) is 4.56. The quantitative estimate of drug-likeness (QED) is 0.752. The van der Waals surface area contributed by atoms with Crippen molar-refractivity contribution in [2.75, 3.05) is 5.75 Å². The summed E-state index contributed by atoms with van der Waals surface area (Å²) in [6.07, 6.45) is 2.03. The van der Waals surface area contributed by atoms with Crippen LogP contribution in [-0.4, -0.2) is 28.1 Å². The van der Waals surface area contributed by atoms with Crippen LogP contribution in [0.25, 0.3) is 0 Å². The molecule has 0 aliphatic carbocycles. The van der Waals surface area contributed by atoms with Crippen LogP contribution in [0.15, 0.2) is 0 Å². The van der Waals surface area contributed by atoms with Gasteiger partial charge in [-0.3, -0.25) is 4.79 Å². The molecule has 1 rings (SSSR count). The lowest BCUT2D eigenvalue weighted by Crippen LogP contribution is -2.43. The highest BCUT2D eigenvalue weighted by Crippen LogP contribution is 2.46. The summed E-state index contributed by atoms with van der Waals surface area (Å²) in [5, 5.41) is 9.45. The highest BCUT2D eigenvalue weighted by molar-refractivity contribution is 8.00. The fourth-order valence-electron chi connectivity index (χ4n) is 2.25. The Balaban J connectivity index is 2.74. The molecule has 0 radical (unpaired) electrons. The molecule has 0 aromatic rings. The molecule has 1 saturated heterocycles. The Hall–Kier alpha value is -0.220. The van der Waals surface area contributed by atoms with Gasteiger partial charge in [-0.1, -0.05) is 13.8 Å². The largest absolute Gasteiger partial charge is 0.481 e. The second-order valence-electron chi connectivity index (χ2n) is 4.27. The molecular formula is C10H19NO2S. The van der Waals surface area contributed by atoms with Crippen molar-refractivity contribution in [3.63, 3.8) is 0 Å². The molecule has 82 valence electrons. The van der Waals surface area contributed by atoms with Crippen LogP contribution in [0.4, 0.5) is 0 Å². The fourth-order valence-corrected chi connectivity index (χ4v) is 3.75. The summed E-state index contributed by atoms with van der Waals surface area (Å²) in [5.41, 5.74) is 5.89. The highest BCUT2D eigenvalue weighted by Gasteiger charge is 2.43. The molecule has 0 saturated carbocycles. The molecule has 1 aliphatic rings. The second kappa shape index (κ2) is 4.53. The zero-order chi connectivity index (χ0) is 10.8. The monoisotopic (exact) mass is 217 g/mol. The Kier molecular flexibility index (Phi) is 3.84. The highest BCUT2D eigenvalue weighted by atomic mass is 32.2. The van der Waals surface area contributed by atoms with Crippen LogP contribution in [0.3, 0.4) is 0 Å². The topological polar surface area (TPSA) is 63.3 Å². The molecule has 4 heteroatoms. The van der Waals surface area contributed by atoms with E-state index in [1.165, 1.54) is 0 Å². The lowest BCUT2D eigenvalue weighted by atomic mass is 9.75. The van der Waals surface area contributed by atoms with E-state index in [2.05, 4.69) is 6.92 Å². The third-order valence-electron chi connectivity index (χ3n) is 3.08. The molecule has 0 amide bonds. The van der Waals surface area contributed by atoms with Gasteiger partial charge < -0.3 is 10.8 Å². The number of carbonyl (C=O) groups is 1. The number of thioether (sulfide) groups is 1. The standard InChI is InChI=1S/C10H19NO2S/c1-3-8(11)10(5-9(12)13)4-7(2)14-6-10/h7-8H,3-6,11H2,1-2H3,(H,12,13). The van der Waals surface area contributed by atoms with E-state index in [0.29, 0.717) is 5.25 Å². The Bertz CT molecular complexity index is 222. The van der Waals surface area contributed by atoms with Crippen LogP contribution in [0.5, 0.6) is 0 Å². The normalized spacial score (nSPS) is 34.4. The van der Waals surface area contributed by atoms with E-state index in [1.807, 2.05) is 18.7 Å². The number of aliphatic carboxylic acids is 1. The van der Waals surface area contributed by atoms with Gasteiger partial charge in [-0.05, 0) is 12.8 Å². The van der Waals surface area contributed by atoms with Crippen molar-refractivity contribution in [2.24, 2.45) is 11.1 Å². The van der Waals surface area contributed by atoms with Crippen molar-refractivity contribution in [1.82, 2.24) is 0 Å². The van der Waals surface area contributed by atoms with Gasteiger partial charge in [-0.25, -0.2) is 0 Å². The van der Waals surface area contributed by atoms with E-state index in [0.717, 1.165) is 18.6 Å². The van der Waals surface area contributed by atoms with Crippen LogP contribution >= 0.6 is 11.8 Å². The zero-order valence-corrected chi connectivity index (χ0v) is 9.64. The molecule has 0 spiro atoms. The smallest absolute Gasteiger partial charge is 0.303 e. The van der Waals surface area contributed by atoms with Gasteiger partial charge in [0.25, 0.3) is 0 Å². The molecule has 3 N–H and O–H groups in total. The maximum absolute atomic E-state index is 10.8. The average Bonchev–Trinajstić information content (AvgIpc) is 2.46. The van der Waals surface area contributed by atoms with Crippen LogP contribution < -0.4 is 5.73 Å². The first-order valence-electron chi connectivity index (χ1n) is 5.09. The number of carboxylic acid groups (broad SMARTS) is 1. The molecule has 3 nitrogen and oxygen atoms in total. The lowest BCUT2D eigenvalue weighted by Gasteiger charge is -2.32. The minimum Gasteiger partial charge on any atom is -0.481 e. The van der Waals surface area contributed by atoms with Crippen molar-refractivity contribution in [3.8, 4) is 0 Å². The van der Waals surface area contributed by atoms with Gasteiger partial charge in [0.2, 0.25) is 0 Å². The molecular weight excluding hydrogens is 198 g/mol. The summed E-state index contributed by atoms with van der Waals surface area (Å²) >= 11 is 1.85. The number of nitrogens with two attached hydrogens (primary N) is 1. The summed E-state index contributed by atoms with van der Waals surface area (Å²) < 4.78 is 0. The van der Waals surface area contributed by atoms with Crippen LogP contribution in [0, 0.1) is 5.41 Å². The van der Waals surface area contributed by atoms with Gasteiger partial charge in [-0.2, -0.15) is 11.8 Å². The van der Waals surface area contributed by atoms with Crippen molar-refractivity contribution in [1.29, 1.82) is 0 Å². The van der Waals surface area contributed by atoms with Crippen molar-refractivity contribution < 1.29 is 9.90 Å². The predicted octanol–water partition coefficient (Wildman–Crippen LogP) is 1.71. The van der Waals surface area contributed by atoms with Gasteiger partial charge in [-0.15, -0.1) is 0 Å². The first-order chi connectivity index (χ1) is 6.50. The molecule has 1 heterocycles. The predicted molar refractivity (Wildman–Crippen MR) is 59.5 cm³/mol. The Labute approximate surface area is 89.4 Å². The maximum Gasteiger partial charge on any atom is 0.303 e. The average molecular weight is 217 g/mol. The van der Waals surface area contributed by atoms with Crippen molar-refractivity contribution >= 4 is 17.7 Å². The summed E-state index contributed by atoms with van der Waals surface area (Å²) in [7, 11) is 0. The molecule has 3 unspecified atom stereocenters. The molecule has 1 fully saturated rings. The first kappa shape index (κ1) is 11.9. The number of rotatable bonds is 4. The van der Waals surface area contributed by atoms with Gasteiger partial charge in [0.15, 0.2) is 0 Å². The summed E-state index contributed by atoms with van der Waals surface area (Å²) in [5.74, 6) is 0.179. The molecule has 14 heavy (non-hydrogen) atoms. The second-order valence-corrected chi connectivity index (χ2v) is 5.70. The number of hydrogen-bond donors (Lipinski definition) is 2. The Morgan fingerprint density at radius 1 is 1.79 bits per heavy atom. The minimum absolute atomic E-state index is 0.0241. The fraction of sp³-hybridized carbons (Fsp3) is 0.900. The molecule has 1 aliphatic heterocycles. The summed E-state index contributed by atoms with van der Waals surface area (Å²) in [4.78, 5) is 10.8. The van der Waals surface area contributed by atoms with E-state index in [4.69, 9.17) is 10.8 Å². The maximum atomic E-state index is 10.8. The minimum atomic E-state index is -0.719. The SMILES string of the molecule is CCC(N)C1(CC(=O)O)CSC(C)C1. The Morgan fingerprint density at radius 2 is 2.43 bits per heavy atom. The van der Waals surface area contributed by atoms with E-state index >= 15 is 0 Å². The molecule has 0 aromatic carbocycles. The summed E-state index contributed by atoms with van der Waals surface area (Å²) in [6, 6.07) is 0.0241. The number of carboxylic acids is 1. The molecule has 0 bridgehead atoms. The molecule has 3 atom stereocenters.